The lowest BCUT2D eigenvalue weighted by Gasteiger charge is -2.04. The predicted octanol–water partition coefficient (Wildman–Crippen LogP) is 0.788. The number of aliphatic imine (C=N–C) groups is 1. The highest BCUT2D eigenvalue weighted by Crippen LogP contribution is 2.08. The van der Waals surface area contributed by atoms with Crippen LogP contribution < -0.4 is 16.5 Å². The number of benzene rings is 1. The first-order valence-electron chi connectivity index (χ1n) is 4.60. The van der Waals surface area contributed by atoms with Crippen molar-refractivity contribution >= 4 is 29.0 Å². The van der Waals surface area contributed by atoms with Crippen LogP contribution >= 0.6 is 12.2 Å². The van der Waals surface area contributed by atoms with Crippen molar-refractivity contribution in [1.29, 1.82) is 0 Å². The molecule has 7 nitrogen and oxygen atoms in total. The van der Waals surface area contributed by atoms with Crippen molar-refractivity contribution in [2.75, 3.05) is 5.32 Å². The maximum absolute atomic E-state index is 10.1. The number of aryl methyl sites for hydroxylation is 1. The summed E-state index contributed by atoms with van der Waals surface area (Å²) in [4.78, 5) is 13.7. The largest absolute Gasteiger partial charge is 0.365 e. The zero-order chi connectivity index (χ0) is 12.8. The molecular formula is C9H11N5O2S. The van der Waals surface area contributed by atoms with Gasteiger partial charge in [0, 0.05) is 5.69 Å². The molecular weight excluding hydrogens is 242 g/mol. The number of hydrazine groups is 1. The molecule has 1 aromatic carbocycles. The molecule has 0 aliphatic rings. The summed E-state index contributed by atoms with van der Waals surface area (Å²) < 4.78 is 0. The third-order valence-electron chi connectivity index (χ3n) is 1.73. The van der Waals surface area contributed by atoms with Gasteiger partial charge in [0.25, 0.3) is 5.96 Å². The average molecular weight is 253 g/mol. The Morgan fingerprint density at radius 2 is 2.06 bits per heavy atom. The number of nitrogens with two attached hydrogens (primary N) is 1. The maximum atomic E-state index is 10.1. The number of guanidine groups is 1. The van der Waals surface area contributed by atoms with Crippen LogP contribution in [0.15, 0.2) is 29.3 Å². The Balaban J connectivity index is 2.60. The van der Waals surface area contributed by atoms with Gasteiger partial charge in [-0.3, -0.25) is 0 Å². The van der Waals surface area contributed by atoms with E-state index in [1.165, 1.54) is 0 Å². The topological polar surface area (TPSA) is 106 Å². The Kier molecular flexibility index (Phi) is 4.35. The summed E-state index contributed by atoms with van der Waals surface area (Å²) in [7, 11) is 0. The van der Waals surface area contributed by atoms with E-state index < -0.39 is 5.03 Å². The van der Waals surface area contributed by atoms with E-state index >= 15 is 0 Å². The van der Waals surface area contributed by atoms with E-state index in [1.54, 1.807) is 5.43 Å². The Morgan fingerprint density at radius 3 is 2.59 bits per heavy atom. The number of nitrogens with one attached hydrogen (secondary N) is 2. The van der Waals surface area contributed by atoms with E-state index in [9.17, 15) is 10.1 Å². The van der Waals surface area contributed by atoms with Crippen LogP contribution in [-0.4, -0.2) is 16.1 Å². The van der Waals surface area contributed by atoms with Gasteiger partial charge in [-0.2, -0.15) is 4.99 Å². The second-order valence-corrected chi connectivity index (χ2v) is 3.55. The fraction of sp³-hybridized carbons (Fsp3) is 0.111. The Labute approximate surface area is 103 Å². The molecule has 1 rings (SSSR count). The van der Waals surface area contributed by atoms with Gasteiger partial charge in [0.05, 0.1) is 0 Å². The number of nitrogens with zero attached hydrogens (tertiary/aromatic N) is 2. The van der Waals surface area contributed by atoms with Gasteiger partial charge in [0.2, 0.25) is 5.11 Å². The SMILES string of the molecule is Cc1ccc(NC(=S)N=C(N)N[N+](=O)[O-])cc1. The molecule has 0 aromatic heterocycles. The lowest BCUT2D eigenvalue weighted by atomic mass is 10.2. The molecule has 0 atom stereocenters. The Hall–Kier alpha value is -2.22. The lowest BCUT2D eigenvalue weighted by molar-refractivity contribution is -0.525. The first-order valence-corrected chi connectivity index (χ1v) is 5.01. The molecule has 0 heterocycles. The molecule has 17 heavy (non-hydrogen) atoms. The quantitative estimate of drug-likeness (QED) is 0.236. The molecule has 0 unspecified atom stereocenters. The maximum Gasteiger partial charge on any atom is 0.258 e. The van der Waals surface area contributed by atoms with Gasteiger partial charge in [0.15, 0.2) is 5.03 Å². The highest BCUT2D eigenvalue weighted by Gasteiger charge is 2.01. The van der Waals surface area contributed by atoms with E-state index in [0.29, 0.717) is 0 Å². The second kappa shape index (κ2) is 5.75. The molecule has 90 valence electrons. The zero-order valence-corrected chi connectivity index (χ0v) is 9.82. The van der Waals surface area contributed by atoms with Crippen LogP contribution in [0.5, 0.6) is 0 Å². The van der Waals surface area contributed by atoms with E-state index in [1.807, 2.05) is 31.2 Å². The number of anilines is 1. The summed E-state index contributed by atoms with van der Waals surface area (Å²) in [6.45, 7) is 1.96. The van der Waals surface area contributed by atoms with Gasteiger partial charge < -0.3 is 11.1 Å². The van der Waals surface area contributed by atoms with Gasteiger partial charge >= 0.3 is 0 Å². The standard InChI is InChI=1S/C9H11N5O2S/c1-6-2-4-7(5-3-6)11-9(17)12-8(10)13-14(15)16/h2-5H,1H3,(H4,10,11,12,13,17). The molecule has 8 heteroatoms. The lowest BCUT2D eigenvalue weighted by Crippen LogP contribution is -2.37. The summed E-state index contributed by atoms with van der Waals surface area (Å²) in [5.74, 6) is -0.375. The zero-order valence-electron chi connectivity index (χ0n) is 9.01. The van der Waals surface area contributed by atoms with E-state index in [0.717, 1.165) is 11.3 Å². The molecule has 0 saturated carbocycles. The third-order valence-corrected chi connectivity index (χ3v) is 1.92. The molecule has 0 spiro atoms. The molecule has 0 saturated heterocycles. The number of nitro groups is 1. The van der Waals surface area contributed by atoms with Crippen LogP contribution in [0, 0.1) is 17.0 Å². The van der Waals surface area contributed by atoms with Crippen LogP contribution in [0.1, 0.15) is 5.56 Å². The summed E-state index contributed by atoms with van der Waals surface area (Å²) >= 11 is 4.86. The fourth-order valence-corrected chi connectivity index (χ4v) is 1.23. The molecule has 1 aromatic rings. The molecule has 0 fully saturated rings. The van der Waals surface area contributed by atoms with Gasteiger partial charge in [-0.25, -0.2) is 10.1 Å². The van der Waals surface area contributed by atoms with Crippen molar-refractivity contribution in [1.82, 2.24) is 5.43 Å². The van der Waals surface area contributed by atoms with Crippen molar-refractivity contribution in [3.8, 4) is 0 Å². The first kappa shape index (κ1) is 12.8. The van der Waals surface area contributed by atoms with Crippen molar-refractivity contribution in [3.63, 3.8) is 0 Å². The molecule has 0 aliphatic carbocycles. The summed E-state index contributed by atoms with van der Waals surface area (Å²) in [6, 6.07) is 7.42. The highest BCUT2D eigenvalue weighted by atomic mass is 32.1. The van der Waals surface area contributed by atoms with Gasteiger partial charge in [-0.15, -0.1) is 0 Å². The minimum atomic E-state index is -0.812. The van der Waals surface area contributed by atoms with Crippen molar-refractivity contribution in [3.05, 3.63) is 39.9 Å². The summed E-state index contributed by atoms with van der Waals surface area (Å²) in [5, 5.41) is 12.1. The predicted molar refractivity (Wildman–Crippen MR) is 69.2 cm³/mol. The van der Waals surface area contributed by atoms with E-state index in [-0.39, 0.29) is 11.1 Å². The number of rotatable bonds is 2. The molecule has 0 bridgehead atoms. The number of hydrogen-bond donors (Lipinski definition) is 3. The summed E-state index contributed by atoms with van der Waals surface area (Å²) in [5.41, 5.74) is 8.76. The molecule has 4 N–H and O–H groups in total. The van der Waals surface area contributed by atoms with Crippen LogP contribution in [0.25, 0.3) is 0 Å². The number of thiocarbonyl (C=S) groups is 1. The van der Waals surface area contributed by atoms with Gasteiger partial charge in [-0.1, -0.05) is 23.1 Å². The minimum Gasteiger partial charge on any atom is -0.365 e. The molecule has 0 aliphatic heterocycles. The monoisotopic (exact) mass is 253 g/mol. The van der Waals surface area contributed by atoms with Gasteiger partial charge in [0.1, 0.15) is 0 Å². The average Bonchev–Trinajstić information content (AvgIpc) is 2.19. The van der Waals surface area contributed by atoms with Gasteiger partial charge in [-0.05, 0) is 31.3 Å². The smallest absolute Gasteiger partial charge is 0.258 e. The van der Waals surface area contributed by atoms with Crippen molar-refractivity contribution in [2.24, 2.45) is 10.7 Å². The van der Waals surface area contributed by atoms with Crippen molar-refractivity contribution < 1.29 is 5.03 Å². The number of hydrogen-bond acceptors (Lipinski definition) is 3. The fourth-order valence-electron chi connectivity index (χ4n) is 1.02. The van der Waals surface area contributed by atoms with Crippen LogP contribution in [0.2, 0.25) is 0 Å². The second-order valence-electron chi connectivity index (χ2n) is 3.16. The van der Waals surface area contributed by atoms with E-state index in [2.05, 4.69) is 10.3 Å². The Morgan fingerprint density at radius 1 is 1.47 bits per heavy atom. The normalized spacial score (nSPS) is 10.8. The first-order chi connectivity index (χ1) is 7.97. The Bertz CT molecular complexity index is 457. The van der Waals surface area contributed by atoms with Crippen LogP contribution in [0.3, 0.4) is 0 Å². The highest BCUT2D eigenvalue weighted by molar-refractivity contribution is 7.80. The van der Waals surface area contributed by atoms with Crippen molar-refractivity contribution in [2.45, 2.75) is 6.92 Å². The van der Waals surface area contributed by atoms with Crippen LogP contribution in [0.4, 0.5) is 5.69 Å². The summed E-state index contributed by atoms with van der Waals surface area (Å²) in [6.07, 6.45) is 0. The third kappa shape index (κ3) is 4.89. The molecule has 0 amide bonds. The molecule has 0 radical (unpaired) electrons. The minimum absolute atomic E-state index is 0.0423. The van der Waals surface area contributed by atoms with E-state index in [4.69, 9.17) is 18.0 Å². The van der Waals surface area contributed by atoms with Crippen LogP contribution in [-0.2, 0) is 0 Å².